The Kier molecular flexibility index (Phi) is 7.45. The average molecular weight is 429 g/mol. The minimum atomic E-state index is -0.897. The molecule has 0 spiro atoms. The summed E-state index contributed by atoms with van der Waals surface area (Å²) in [6, 6.07) is 4.15. The maximum absolute atomic E-state index is 12.5. The van der Waals surface area contributed by atoms with Gasteiger partial charge in [-0.3, -0.25) is 9.59 Å². The highest BCUT2D eigenvalue weighted by Gasteiger charge is 2.46. The van der Waals surface area contributed by atoms with E-state index < -0.39 is 5.97 Å². The number of carbonyl (C=O) groups excluding carboxylic acids is 1. The van der Waals surface area contributed by atoms with Crippen molar-refractivity contribution in [2.45, 2.75) is 97.0 Å². The van der Waals surface area contributed by atoms with Gasteiger partial charge in [-0.2, -0.15) is 0 Å². The number of carboxylic acids is 1. The Morgan fingerprint density at radius 1 is 1.19 bits per heavy atom. The number of esters is 1. The predicted molar refractivity (Wildman–Crippen MR) is 121 cm³/mol. The molecule has 170 valence electrons. The Morgan fingerprint density at radius 2 is 1.97 bits per heavy atom. The van der Waals surface area contributed by atoms with Crippen LogP contribution in [0.4, 0.5) is 0 Å². The third kappa shape index (κ3) is 5.69. The number of aryl methyl sites for hydroxylation is 1. The zero-order chi connectivity index (χ0) is 22.6. The van der Waals surface area contributed by atoms with E-state index in [4.69, 9.17) is 14.6 Å². The molecule has 2 atom stereocenters. The van der Waals surface area contributed by atoms with Crippen molar-refractivity contribution in [2.75, 3.05) is 0 Å². The van der Waals surface area contributed by atoms with Gasteiger partial charge in [-0.15, -0.1) is 0 Å². The van der Waals surface area contributed by atoms with Crippen molar-refractivity contribution in [2.24, 2.45) is 5.92 Å². The molecule has 0 unspecified atom stereocenters. The smallest absolute Gasteiger partial charge is 0.311 e. The number of hydrogen-bond donors (Lipinski definition) is 1. The molecule has 1 aromatic rings. The van der Waals surface area contributed by atoms with Gasteiger partial charge in [0.1, 0.15) is 17.1 Å². The second kappa shape index (κ2) is 9.88. The number of hydrogen-bond acceptors (Lipinski definition) is 4. The second-order valence-electron chi connectivity index (χ2n) is 9.59. The lowest BCUT2D eigenvalue weighted by Gasteiger charge is -2.47. The second-order valence-corrected chi connectivity index (χ2v) is 9.59. The normalized spacial score (nSPS) is 21.4. The van der Waals surface area contributed by atoms with E-state index in [0.29, 0.717) is 11.7 Å². The third-order valence-electron chi connectivity index (χ3n) is 6.61. The number of allylic oxidation sites excluding steroid dienone is 2. The summed E-state index contributed by atoms with van der Waals surface area (Å²) in [5.74, 6) is 0.729. The lowest BCUT2D eigenvalue weighted by molar-refractivity contribution is -0.137. The maximum Gasteiger partial charge on any atom is 0.311 e. The van der Waals surface area contributed by atoms with Crippen LogP contribution in [0.3, 0.4) is 0 Å². The highest BCUT2D eigenvalue weighted by molar-refractivity contribution is 5.74. The highest BCUT2D eigenvalue weighted by atomic mass is 16.5. The van der Waals surface area contributed by atoms with Gasteiger partial charge in [0.05, 0.1) is 0 Å². The molecule has 5 heteroatoms. The van der Waals surface area contributed by atoms with Crippen LogP contribution in [0.25, 0.3) is 0 Å². The van der Waals surface area contributed by atoms with Gasteiger partial charge < -0.3 is 14.6 Å². The number of fused-ring (bicyclic) bond motifs is 3. The molecular formula is C26H36O5. The van der Waals surface area contributed by atoms with Crippen LogP contribution in [-0.2, 0) is 16.0 Å². The van der Waals surface area contributed by atoms with E-state index in [1.165, 1.54) is 5.57 Å². The molecule has 1 N–H and O–H groups in total. The van der Waals surface area contributed by atoms with Crippen molar-refractivity contribution in [3.8, 4) is 11.5 Å². The largest absolute Gasteiger partial charge is 0.487 e. The molecule has 2 aliphatic rings. The van der Waals surface area contributed by atoms with Gasteiger partial charge in [-0.1, -0.05) is 31.4 Å². The number of aliphatic carboxylic acids is 1. The summed E-state index contributed by atoms with van der Waals surface area (Å²) in [7, 11) is 0. The lowest BCUT2D eigenvalue weighted by atomic mass is 9.67. The summed E-state index contributed by atoms with van der Waals surface area (Å²) in [4.78, 5) is 23.3. The van der Waals surface area contributed by atoms with Gasteiger partial charge in [-0.05, 0) is 70.6 Å². The molecule has 1 aromatic carbocycles. The minimum absolute atomic E-state index is 0.0315. The summed E-state index contributed by atoms with van der Waals surface area (Å²) in [6.45, 7) is 8.66. The Labute approximate surface area is 185 Å². The number of ether oxygens (including phenoxy) is 2. The van der Waals surface area contributed by atoms with Crippen LogP contribution >= 0.6 is 0 Å². The number of carboxylic acid groups (broad SMARTS) is 1. The minimum Gasteiger partial charge on any atom is -0.487 e. The molecule has 5 nitrogen and oxygen atoms in total. The number of benzene rings is 1. The van der Waals surface area contributed by atoms with Gasteiger partial charge in [0.2, 0.25) is 0 Å². The van der Waals surface area contributed by atoms with Gasteiger partial charge in [0.25, 0.3) is 0 Å². The van der Waals surface area contributed by atoms with Crippen LogP contribution in [0.1, 0.15) is 96.1 Å². The van der Waals surface area contributed by atoms with Crippen molar-refractivity contribution < 1.29 is 24.2 Å². The molecule has 0 radical (unpaired) electrons. The van der Waals surface area contributed by atoms with Crippen molar-refractivity contribution in [1.29, 1.82) is 0 Å². The van der Waals surface area contributed by atoms with E-state index in [-0.39, 0.29) is 36.8 Å². The first-order chi connectivity index (χ1) is 14.7. The number of unbranched alkanes of at least 4 members (excludes halogenated alkanes) is 2. The molecule has 1 aliphatic heterocycles. The van der Waals surface area contributed by atoms with Crippen molar-refractivity contribution in [1.82, 2.24) is 0 Å². The zero-order valence-electron chi connectivity index (χ0n) is 19.3. The predicted octanol–water partition coefficient (Wildman–Crippen LogP) is 6.19. The first-order valence-electron chi connectivity index (χ1n) is 11.6. The van der Waals surface area contributed by atoms with Crippen LogP contribution in [0.2, 0.25) is 0 Å². The average Bonchev–Trinajstić information content (AvgIpc) is 2.66. The fraction of sp³-hybridized carbons (Fsp3) is 0.615. The molecule has 0 fully saturated rings. The fourth-order valence-electron chi connectivity index (χ4n) is 4.97. The molecule has 1 heterocycles. The van der Waals surface area contributed by atoms with Crippen molar-refractivity contribution in [3.05, 3.63) is 34.9 Å². The number of carbonyl (C=O) groups is 2. The molecule has 31 heavy (non-hydrogen) atoms. The molecule has 1 aliphatic carbocycles. The highest BCUT2D eigenvalue weighted by Crippen LogP contribution is 2.54. The van der Waals surface area contributed by atoms with E-state index in [2.05, 4.69) is 39.8 Å². The van der Waals surface area contributed by atoms with Crippen molar-refractivity contribution in [3.63, 3.8) is 0 Å². The van der Waals surface area contributed by atoms with Crippen LogP contribution in [0, 0.1) is 5.92 Å². The standard InChI is InChI=1S/C26H36O5/c1-5-6-7-9-18-15-21(30-24(29)11-8-10-23(27)28)25-19-14-17(2)12-13-20(19)26(3,4)31-22(25)16-18/h12,15-16,19-20H,5-11,13-14H2,1-4H3,(H,27,28)/t19-,20-/m1/s1. The molecule has 0 saturated carbocycles. The summed E-state index contributed by atoms with van der Waals surface area (Å²) >= 11 is 0. The first-order valence-corrected chi connectivity index (χ1v) is 11.6. The van der Waals surface area contributed by atoms with E-state index >= 15 is 0 Å². The van der Waals surface area contributed by atoms with Gasteiger partial charge in [-0.25, -0.2) is 0 Å². The SMILES string of the molecule is CCCCCc1cc(OC(=O)CCCC(=O)O)c2c(c1)OC(C)(C)[C@@H]1CC=C(C)C[C@@H]21. The monoisotopic (exact) mass is 428 g/mol. The molecule has 0 amide bonds. The van der Waals surface area contributed by atoms with Crippen molar-refractivity contribution >= 4 is 11.9 Å². The fourth-order valence-corrected chi connectivity index (χ4v) is 4.97. The Bertz CT molecular complexity index is 852. The van der Waals surface area contributed by atoms with E-state index in [9.17, 15) is 9.59 Å². The van der Waals surface area contributed by atoms with Crippen LogP contribution in [-0.4, -0.2) is 22.6 Å². The van der Waals surface area contributed by atoms with Gasteiger partial charge >= 0.3 is 11.9 Å². The molecular weight excluding hydrogens is 392 g/mol. The Morgan fingerprint density at radius 3 is 2.68 bits per heavy atom. The number of rotatable bonds is 9. The van der Waals surface area contributed by atoms with Crippen LogP contribution in [0.15, 0.2) is 23.8 Å². The lowest BCUT2D eigenvalue weighted by Crippen LogP contribution is -2.45. The molecule has 0 bridgehead atoms. The summed E-state index contributed by atoms with van der Waals surface area (Å²) in [5, 5.41) is 8.84. The molecule has 0 saturated heterocycles. The van der Waals surface area contributed by atoms with E-state index in [1.807, 2.05) is 6.07 Å². The third-order valence-corrected chi connectivity index (χ3v) is 6.61. The summed E-state index contributed by atoms with van der Waals surface area (Å²) in [5.41, 5.74) is 3.19. The molecule has 0 aromatic heterocycles. The van der Waals surface area contributed by atoms with Crippen LogP contribution in [0.5, 0.6) is 11.5 Å². The van der Waals surface area contributed by atoms with E-state index in [0.717, 1.165) is 55.4 Å². The quantitative estimate of drug-likeness (QED) is 0.220. The topological polar surface area (TPSA) is 72.8 Å². The summed E-state index contributed by atoms with van der Waals surface area (Å²) < 4.78 is 12.4. The summed E-state index contributed by atoms with van der Waals surface area (Å²) in [6.07, 6.45) is 8.84. The van der Waals surface area contributed by atoms with Gasteiger partial charge in [0.15, 0.2) is 0 Å². The zero-order valence-corrected chi connectivity index (χ0v) is 19.3. The van der Waals surface area contributed by atoms with E-state index in [1.54, 1.807) is 0 Å². The Balaban J connectivity index is 1.94. The van der Waals surface area contributed by atoms with Gasteiger partial charge in [0, 0.05) is 30.2 Å². The molecule has 3 rings (SSSR count). The maximum atomic E-state index is 12.5. The first kappa shape index (κ1) is 23.4. The van der Waals surface area contributed by atoms with Crippen LogP contribution < -0.4 is 9.47 Å². The Hall–Kier alpha value is -2.30.